The van der Waals surface area contributed by atoms with Crippen molar-refractivity contribution in [3.63, 3.8) is 0 Å². The largest absolute Gasteiger partial charge is 0.496 e. The summed E-state index contributed by atoms with van der Waals surface area (Å²) in [5, 5.41) is 5.02. The molecule has 0 spiro atoms. The quantitative estimate of drug-likeness (QED) is 0.329. The fourth-order valence-corrected chi connectivity index (χ4v) is 6.83. The van der Waals surface area contributed by atoms with Crippen LogP contribution in [0.4, 0.5) is 5.69 Å². The van der Waals surface area contributed by atoms with Crippen molar-refractivity contribution in [2.75, 3.05) is 19.0 Å². The van der Waals surface area contributed by atoms with E-state index in [9.17, 15) is 14.4 Å². The zero-order valence-electron chi connectivity index (χ0n) is 22.6. The van der Waals surface area contributed by atoms with Crippen molar-refractivity contribution in [3.05, 3.63) is 102 Å². The number of hydrogen-bond donors (Lipinski definition) is 1. The first-order valence-corrected chi connectivity index (χ1v) is 14.5. The monoisotopic (exact) mass is 587 g/mol. The summed E-state index contributed by atoms with van der Waals surface area (Å²) in [7, 11) is 1.56. The van der Waals surface area contributed by atoms with Crippen molar-refractivity contribution < 1.29 is 19.1 Å². The van der Waals surface area contributed by atoms with Gasteiger partial charge in [0.2, 0.25) is 0 Å². The Morgan fingerprint density at radius 3 is 2.68 bits per heavy atom. The number of thiazole rings is 1. The van der Waals surface area contributed by atoms with Gasteiger partial charge in [0.15, 0.2) is 4.80 Å². The maximum Gasteiger partial charge on any atom is 0.338 e. The van der Waals surface area contributed by atoms with Crippen LogP contribution in [0, 0.1) is 0 Å². The van der Waals surface area contributed by atoms with E-state index in [2.05, 4.69) is 5.32 Å². The van der Waals surface area contributed by atoms with Gasteiger partial charge in [-0.25, -0.2) is 9.79 Å². The van der Waals surface area contributed by atoms with E-state index in [1.165, 1.54) is 4.57 Å². The number of benzene rings is 3. The average Bonchev–Trinajstić information content (AvgIpc) is 3.46. The molecule has 3 aromatic carbocycles. The first-order chi connectivity index (χ1) is 19.9. The SMILES string of the molecule is CCCC1=C(C(=O)OCC)[C@H](c2c(OC)ccc3ccccc23)n2c(s/c(=C3\C(=O)Nc4ccc(Cl)cc43)c2=O)=N1. The number of anilines is 1. The lowest BCUT2D eigenvalue weighted by molar-refractivity contribution is -0.139. The van der Waals surface area contributed by atoms with Crippen LogP contribution in [-0.4, -0.2) is 30.2 Å². The van der Waals surface area contributed by atoms with Gasteiger partial charge in [0.05, 0.1) is 30.6 Å². The molecule has 1 N–H and O–H groups in total. The number of allylic oxidation sites excluding steroid dienone is 1. The van der Waals surface area contributed by atoms with Gasteiger partial charge in [0.1, 0.15) is 16.3 Å². The number of methoxy groups -OCH3 is 1. The third-order valence-corrected chi connectivity index (χ3v) is 8.53. The summed E-state index contributed by atoms with van der Waals surface area (Å²) in [5.74, 6) is -0.430. The van der Waals surface area contributed by atoms with Crippen LogP contribution in [0.2, 0.25) is 5.02 Å². The summed E-state index contributed by atoms with van der Waals surface area (Å²) in [6, 6.07) is 15.7. The zero-order chi connectivity index (χ0) is 28.8. The van der Waals surface area contributed by atoms with Crippen LogP contribution in [0.1, 0.15) is 43.9 Å². The molecule has 0 saturated heterocycles. The van der Waals surface area contributed by atoms with Crippen molar-refractivity contribution in [2.45, 2.75) is 32.7 Å². The summed E-state index contributed by atoms with van der Waals surface area (Å²) >= 11 is 7.39. The van der Waals surface area contributed by atoms with E-state index < -0.39 is 23.5 Å². The Morgan fingerprint density at radius 1 is 1.12 bits per heavy atom. The number of aromatic nitrogens is 1. The zero-order valence-corrected chi connectivity index (χ0v) is 24.2. The Hall–Kier alpha value is -4.21. The van der Waals surface area contributed by atoms with Crippen LogP contribution in [0.3, 0.4) is 0 Å². The van der Waals surface area contributed by atoms with E-state index in [-0.39, 0.29) is 22.3 Å². The molecule has 0 unspecified atom stereocenters. The van der Waals surface area contributed by atoms with Gasteiger partial charge in [0.25, 0.3) is 11.5 Å². The van der Waals surface area contributed by atoms with Gasteiger partial charge < -0.3 is 14.8 Å². The third kappa shape index (κ3) is 4.36. The summed E-state index contributed by atoms with van der Waals surface area (Å²) < 4.78 is 13.1. The highest BCUT2D eigenvalue weighted by atomic mass is 35.5. The Labute approximate surface area is 244 Å². The molecule has 3 heterocycles. The minimum Gasteiger partial charge on any atom is -0.496 e. The number of fused-ring (bicyclic) bond motifs is 3. The number of rotatable bonds is 6. The summed E-state index contributed by atoms with van der Waals surface area (Å²) in [5.41, 5.74) is 2.39. The molecule has 1 aromatic heterocycles. The summed E-state index contributed by atoms with van der Waals surface area (Å²) in [4.78, 5) is 46.5. The molecule has 1 amide bonds. The molecule has 41 heavy (non-hydrogen) atoms. The molecule has 4 aromatic rings. The molecule has 2 aliphatic heterocycles. The Bertz CT molecular complexity index is 1970. The van der Waals surface area contributed by atoms with Gasteiger partial charge in [-0.15, -0.1) is 0 Å². The van der Waals surface area contributed by atoms with E-state index in [4.69, 9.17) is 26.1 Å². The molecule has 0 bridgehead atoms. The van der Waals surface area contributed by atoms with E-state index in [0.29, 0.717) is 44.5 Å². The fraction of sp³-hybridized carbons (Fsp3) is 0.226. The lowest BCUT2D eigenvalue weighted by Gasteiger charge is -2.28. The molecule has 10 heteroatoms. The van der Waals surface area contributed by atoms with Gasteiger partial charge in [-0.3, -0.25) is 14.2 Å². The van der Waals surface area contributed by atoms with Crippen molar-refractivity contribution in [1.29, 1.82) is 0 Å². The third-order valence-electron chi connectivity index (χ3n) is 7.25. The minimum atomic E-state index is -0.898. The van der Waals surface area contributed by atoms with Crippen molar-refractivity contribution in [2.24, 2.45) is 4.99 Å². The molecular formula is C31H26ClN3O5S. The number of hydrogen-bond acceptors (Lipinski definition) is 7. The van der Waals surface area contributed by atoms with E-state index in [1.807, 2.05) is 43.3 Å². The number of nitrogens with one attached hydrogen (secondary N) is 1. The molecular weight excluding hydrogens is 562 g/mol. The minimum absolute atomic E-state index is 0.160. The topological polar surface area (TPSA) is 99.0 Å². The second-order valence-corrected chi connectivity index (χ2v) is 11.1. The highest BCUT2D eigenvalue weighted by Gasteiger charge is 2.38. The number of ether oxygens (including phenoxy) is 2. The predicted molar refractivity (Wildman–Crippen MR) is 159 cm³/mol. The van der Waals surface area contributed by atoms with E-state index in [1.54, 1.807) is 32.2 Å². The number of halogens is 1. The summed E-state index contributed by atoms with van der Waals surface area (Å²) in [6.45, 7) is 3.90. The van der Waals surface area contributed by atoms with Gasteiger partial charge in [-0.1, -0.05) is 66.6 Å². The lowest BCUT2D eigenvalue weighted by atomic mass is 9.90. The molecule has 0 aliphatic carbocycles. The maximum absolute atomic E-state index is 14.4. The maximum atomic E-state index is 14.4. The standard InChI is InChI=1S/C31H26ClN3O5S/c1-4-8-21-25(30(38)40-5-2)26(23-18-10-7-6-9-16(18)11-14-22(23)39-3)35-29(37)27(41-31(35)34-21)24-19-15-17(32)12-13-20(19)33-28(24)36/h6-7,9-15,26H,4-5,8H2,1-3H3,(H,33,36)/b27-24-/t26-/m0/s1. The molecule has 2 aliphatic rings. The van der Waals surface area contributed by atoms with E-state index >= 15 is 0 Å². The Balaban J connectivity index is 1.76. The fourth-order valence-electron chi connectivity index (χ4n) is 5.54. The molecule has 1 atom stereocenters. The second-order valence-electron chi connectivity index (χ2n) is 9.66. The Morgan fingerprint density at radius 2 is 1.93 bits per heavy atom. The summed E-state index contributed by atoms with van der Waals surface area (Å²) in [6.07, 6.45) is 1.21. The molecule has 208 valence electrons. The van der Waals surface area contributed by atoms with Crippen LogP contribution in [-0.2, 0) is 14.3 Å². The van der Waals surface area contributed by atoms with Crippen LogP contribution in [0.15, 0.2) is 75.7 Å². The normalized spacial score (nSPS) is 17.2. The molecule has 8 nitrogen and oxygen atoms in total. The smallest absolute Gasteiger partial charge is 0.338 e. The number of esters is 1. The molecule has 0 saturated carbocycles. The molecule has 6 rings (SSSR count). The lowest BCUT2D eigenvalue weighted by Crippen LogP contribution is -2.41. The van der Waals surface area contributed by atoms with Gasteiger partial charge >= 0.3 is 5.97 Å². The highest BCUT2D eigenvalue weighted by molar-refractivity contribution is 7.07. The van der Waals surface area contributed by atoms with Crippen molar-refractivity contribution in [1.82, 2.24) is 4.57 Å². The second kappa shape index (κ2) is 10.6. The van der Waals surface area contributed by atoms with E-state index in [0.717, 1.165) is 28.5 Å². The number of amides is 1. The first-order valence-electron chi connectivity index (χ1n) is 13.3. The van der Waals surface area contributed by atoms with Crippen LogP contribution < -0.4 is 24.9 Å². The van der Waals surface area contributed by atoms with Gasteiger partial charge in [-0.05, 0) is 48.4 Å². The predicted octanol–water partition coefficient (Wildman–Crippen LogP) is 4.72. The molecule has 0 fully saturated rings. The van der Waals surface area contributed by atoms with Crippen LogP contribution >= 0.6 is 22.9 Å². The number of carbonyl (C=O) groups is 2. The van der Waals surface area contributed by atoms with Crippen molar-refractivity contribution >= 4 is 56.8 Å². The highest BCUT2D eigenvalue weighted by Crippen LogP contribution is 2.41. The number of carbonyl (C=O) groups excluding carboxylic acids is 2. The van der Waals surface area contributed by atoms with Gasteiger partial charge in [-0.2, -0.15) is 0 Å². The van der Waals surface area contributed by atoms with Gasteiger partial charge in [0, 0.05) is 21.8 Å². The molecule has 0 radical (unpaired) electrons. The first kappa shape index (κ1) is 27.0. The number of nitrogens with zero attached hydrogens (tertiary/aromatic N) is 2. The Kier molecular flexibility index (Phi) is 7.01. The van der Waals surface area contributed by atoms with Crippen LogP contribution in [0.5, 0.6) is 5.75 Å². The average molecular weight is 588 g/mol. The van der Waals surface area contributed by atoms with Crippen molar-refractivity contribution in [3.8, 4) is 5.75 Å². The van der Waals surface area contributed by atoms with Crippen LogP contribution in [0.25, 0.3) is 16.3 Å².